The Hall–Kier alpha value is -0.330. The number of piperidine rings is 1. The van der Waals surface area contributed by atoms with E-state index >= 15 is 0 Å². The van der Waals surface area contributed by atoms with Gasteiger partial charge in [-0.15, -0.1) is 0 Å². The zero-order chi connectivity index (χ0) is 14.9. The minimum absolute atomic E-state index is 0.0341. The van der Waals surface area contributed by atoms with Gasteiger partial charge in [0, 0.05) is 23.1 Å². The molecular weight excluding hydrogens is 321 g/mol. The van der Waals surface area contributed by atoms with Gasteiger partial charge in [-0.2, -0.15) is 4.31 Å². The molecule has 1 aromatic rings. The van der Waals surface area contributed by atoms with E-state index in [0.717, 1.165) is 12.8 Å². The summed E-state index contributed by atoms with van der Waals surface area (Å²) in [6, 6.07) is 4.29. The maximum atomic E-state index is 12.6. The molecule has 7 heteroatoms. The lowest BCUT2D eigenvalue weighted by molar-refractivity contribution is 0.0885. The van der Waals surface area contributed by atoms with Crippen molar-refractivity contribution in [1.29, 1.82) is 0 Å². The zero-order valence-corrected chi connectivity index (χ0v) is 13.4. The summed E-state index contributed by atoms with van der Waals surface area (Å²) in [6.45, 7) is 2.47. The molecule has 1 heterocycles. The van der Waals surface area contributed by atoms with E-state index < -0.39 is 16.1 Å². The third-order valence-electron chi connectivity index (χ3n) is 3.58. The summed E-state index contributed by atoms with van der Waals surface area (Å²) < 4.78 is 26.6. The van der Waals surface area contributed by atoms with Crippen LogP contribution in [-0.4, -0.2) is 37.0 Å². The predicted octanol–water partition coefficient (Wildman–Crippen LogP) is 2.77. The van der Waals surface area contributed by atoms with Crippen LogP contribution >= 0.6 is 23.2 Å². The Kier molecular flexibility index (Phi) is 4.97. The van der Waals surface area contributed by atoms with Gasteiger partial charge < -0.3 is 5.11 Å². The van der Waals surface area contributed by atoms with Crippen molar-refractivity contribution in [3.05, 3.63) is 28.2 Å². The molecule has 1 aliphatic heterocycles. The van der Waals surface area contributed by atoms with Crippen LogP contribution in [0, 0.1) is 5.92 Å². The van der Waals surface area contributed by atoms with Crippen LogP contribution in [0.4, 0.5) is 0 Å². The monoisotopic (exact) mass is 337 g/mol. The molecule has 0 spiro atoms. The van der Waals surface area contributed by atoms with Gasteiger partial charge >= 0.3 is 0 Å². The molecule has 0 bridgehead atoms. The Morgan fingerprint density at radius 3 is 2.45 bits per heavy atom. The third-order valence-corrected chi connectivity index (χ3v) is 5.86. The number of sulfonamides is 1. The zero-order valence-electron chi connectivity index (χ0n) is 11.1. The first-order valence-corrected chi connectivity index (χ1v) is 8.64. The van der Waals surface area contributed by atoms with E-state index in [-0.39, 0.29) is 10.8 Å². The van der Waals surface area contributed by atoms with Crippen molar-refractivity contribution in [3.63, 3.8) is 0 Å². The Bertz CT molecular complexity index is 569. The summed E-state index contributed by atoms with van der Waals surface area (Å²) in [6.07, 6.45) is 1.05. The fraction of sp³-hybridized carbons (Fsp3) is 0.538. The third kappa shape index (κ3) is 3.46. The Balaban J connectivity index is 2.30. The maximum absolute atomic E-state index is 12.6. The van der Waals surface area contributed by atoms with E-state index in [9.17, 15) is 13.5 Å². The highest BCUT2D eigenvalue weighted by Gasteiger charge is 2.32. The fourth-order valence-electron chi connectivity index (χ4n) is 2.41. The number of hydrogen-bond acceptors (Lipinski definition) is 3. The quantitative estimate of drug-likeness (QED) is 0.922. The van der Waals surface area contributed by atoms with Crippen molar-refractivity contribution in [3.8, 4) is 0 Å². The molecule has 1 saturated heterocycles. The van der Waals surface area contributed by atoms with E-state index in [1.54, 1.807) is 6.92 Å². The molecule has 112 valence electrons. The molecule has 0 saturated carbocycles. The standard InChI is InChI=1S/C13H17Cl2NO3S/c1-9(17)10-3-2-4-16(8-10)20(18,19)13-6-11(14)5-12(15)7-13/h5-7,9-10,17H,2-4,8H2,1H3. The fourth-order valence-corrected chi connectivity index (χ4v) is 4.68. The van der Waals surface area contributed by atoms with Crippen molar-refractivity contribution in [2.24, 2.45) is 5.92 Å². The van der Waals surface area contributed by atoms with Crippen molar-refractivity contribution in [1.82, 2.24) is 4.31 Å². The molecule has 2 unspecified atom stereocenters. The second-order valence-electron chi connectivity index (χ2n) is 5.11. The summed E-state index contributed by atoms with van der Waals surface area (Å²) in [5.41, 5.74) is 0. The number of aliphatic hydroxyl groups excluding tert-OH is 1. The summed E-state index contributed by atoms with van der Waals surface area (Å²) in [4.78, 5) is 0.0984. The Morgan fingerprint density at radius 2 is 1.90 bits per heavy atom. The summed E-state index contributed by atoms with van der Waals surface area (Å²) in [5, 5.41) is 10.2. The van der Waals surface area contributed by atoms with E-state index in [0.29, 0.717) is 23.1 Å². The highest BCUT2D eigenvalue weighted by Crippen LogP contribution is 2.28. The molecule has 4 nitrogen and oxygen atoms in total. The van der Waals surface area contributed by atoms with Gasteiger partial charge in [0.25, 0.3) is 0 Å². The maximum Gasteiger partial charge on any atom is 0.243 e. The highest BCUT2D eigenvalue weighted by molar-refractivity contribution is 7.89. The minimum Gasteiger partial charge on any atom is -0.393 e. The second kappa shape index (κ2) is 6.20. The molecule has 20 heavy (non-hydrogen) atoms. The SMILES string of the molecule is CC(O)C1CCCN(S(=O)(=O)c2cc(Cl)cc(Cl)c2)C1. The Morgan fingerprint density at radius 1 is 1.30 bits per heavy atom. The topological polar surface area (TPSA) is 57.6 Å². The van der Waals surface area contributed by atoms with Crippen molar-refractivity contribution < 1.29 is 13.5 Å². The van der Waals surface area contributed by atoms with E-state index in [4.69, 9.17) is 23.2 Å². The van der Waals surface area contributed by atoms with Crippen LogP contribution in [0.1, 0.15) is 19.8 Å². The van der Waals surface area contributed by atoms with Crippen LogP contribution in [0.3, 0.4) is 0 Å². The molecule has 1 aromatic carbocycles. The summed E-state index contributed by atoms with van der Waals surface area (Å²) >= 11 is 11.7. The molecule has 0 aromatic heterocycles. The number of halogens is 2. The largest absolute Gasteiger partial charge is 0.393 e. The van der Waals surface area contributed by atoms with Gasteiger partial charge in [0.2, 0.25) is 10.0 Å². The molecule has 1 N–H and O–H groups in total. The van der Waals surface area contributed by atoms with E-state index in [2.05, 4.69) is 0 Å². The molecule has 1 aliphatic rings. The van der Waals surface area contributed by atoms with Crippen LogP contribution in [0.2, 0.25) is 10.0 Å². The molecule has 0 amide bonds. The normalized spacial score (nSPS) is 22.7. The minimum atomic E-state index is -3.62. The first-order chi connectivity index (χ1) is 9.30. The average Bonchev–Trinajstić information content (AvgIpc) is 2.37. The van der Waals surface area contributed by atoms with Crippen molar-refractivity contribution >= 4 is 33.2 Å². The first-order valence-electron chi connectivity index (χ1n) is 6.45. The van der Waals surface area contributed by atoms with E-state index in [1.165, 1.54) is 22.5 Å². The van der Waals surface area contributed by atoms with E-state index in [1.807, 2.05) is 0 Å². The van der Waals surface area contributed by atoms with Crippen LogP contribution in [0.25, 0.3) is 0 Å². The number of nitrogens with zero attached hydrogens (tertiary/aromatic N) is 1. The van der Waals surface area contributed by atoms with Crippen molar-refractivity contribution in [2.45, 2.75) is 30.8 Å². The van der Waals surface area contributed by atoms with Crippen LogP contribution in [0.5, 0.6) is 0 Å². The van der Waals surface area contributed by atoms with Crippen LogP contribution < -0.4 is 0 Å². The molecule has 1 fully saturated rings. The molecule has 0 radical (unpaired) electrons. The summed E-state index contributed by atoms with van der Waals surface area (Å²) in [7, 11) is -3.62. The Labute approximate surface area is 129 Å². The van der Waals surface area contributed by atoms with Crippen molar-refractivity contribution in [2.75, 3.05) is 13.1 Å². The first kappa shape index (κ1) is 16.0. The number of aliphatic hydroxyl groups is 1. The second-order valence-corrected chi connectivity index (χ2v) is 7.92. The number of hydrogen-bond donors (Lipinski definition) is 1. The number of rotatable bonds is 3. The van der Waals surface area contributed by atoms with Crippen LogP contribution in [-0.2, 0) is 10.0 Å². The van der Waals surface area contributed by atoms with Gasteiger partial charge in [-0.3, -0.25) is 0 Å². The van der Waals surface area contributed by atoms with Gasteiger partial charge in [-0.05, 0) is 43.9 Å². The van der Waals surface area contributed by atoms with Gasteiger partial charge in [-0.25, -0.2) is 8.42 Å². The molecule has 2 atom stereocenters. The van der Waals surface area contributed by atoms with Gasteiger partial charge in [0.05, 0.1) is 11.0 Å². The lowest BCUT2D eigenvalue weighted by atomic mass is 9.95. The van der Waals surface area contributed by atoms with Gasteiger partial charge in [0.15, 0.2) is 0 Å². The lowest BCUT2D eigenvalue weighted by Crippen LogP contribution is -2.42. The lowest BCUT2D eigenvalue weighted by Gasteiger charge is -2.33. The number of benzene rings is 1. The highest BCUT2D eigenvalue weighted by atomic mass is 35.5. The molecular formula is C13H17Cl2NO3S. The van der Waals surface area contributed by atoms with Gasteiger partial charge in [0.1, 0.15) is 0 Å². The van der Waals surface area contributed by atoms with Crippen LogP contribution in [0.15, 0.2) is 23.1 Å². The summed E-state index contributed by atoms with van der Waals surface area (Å²) in [5.74, 6) is -0.0341. The molecule has 0 aliphatic carbocycles. The van der Waals surface area contributed by atoms with Gasteiger partial charge in [-0.1, -0.05) is 23.2 Å². The average molecular weight is 338 g/mol. The molecule has 2 rings (SSSR count). The predicted molar refractivity (Wildman–Crippen MR) is 79.6 cm³/mol. The smallest absolute Gasteiger partial charge is 0.243 e.